The lowest BCUT2D eigenvalue weighted by molar-refractivity contribution is -0.136. The summed E-state index contributed by atoms with van der Waals surface area (Å²) >= 11 is 4.13. The number of carbonyl (C=O) groups excluding carboxylic acids is 2. The van der Waals surface area contributed by atoms with E-state index in [9.17, 15) is 19.8 Å². The van der Waals surface area contributed by atoms with Crippen LogP contribution in [-0.2, 0) is 9.59 Å². The Balaban J connectivity index is 2.40. The second-order valence-corrected chi connectivity index (χ2v) is 12.8. The van der Waals surface area contributed by atoms with Gasteiger partial charge in [0.15, 0.2) is 0 Å². The summed E-state index contributed by atoms with van der Waals surface area (Å²) in [4.78, 5) is 26.6. The number of unbranched alkanes of at least 4 members (excludes halogenated alkanes) is 15. The summed E-state index contributed by atoms with van der Waals surface area (Å²) in [6.07, 6.45) is 23.1. The first-order chi connectivity index (χ1) is 19.9. The van der Waals surface area contributed by atoms with Crippen molar-refractivity contribution in [2.45, 2.75) is 173 Å². The zero-order chi connectivity index (χ0) is 30.1. The molecule has 0 aromatic heterocycles. The molecule has 242 valence electrons. The highest BCUT2D eigenvalue weighted by Crippen LogP contribution is 2.15. The minimum absolute atomic E-state index is 0.137. The smallest absolute Gasteiger partial charge is 0.244 e. The number of hydrogen-bond acceptors (Lipinski definition) is 6. The predicted molar refractivity (Wildman–Crippen MR) is 174 cm³/mol. The number of rotatable bonds is 28. The molecule has 4 unspecified atom stereocenters. The first-order valence-electron chi connectivity index (χ1n) is 17.2. The third-order valence-electron chi connectivity index (χ3n) is 8.39. The fourth-order valence-electron chi connectivity index (χ4n) is 5.75. The Morgan fingerprint density at radius 3 is 1.51 bits per heavy atom. The summed E-state index contributed by atoms with van der Waals surface area (Å²) in [5.74, 6) is -0.0107. The van der Waals surface area contributed by atoms with E-state index in [-0.39, 0.29) is 24.0 Å². The van der Waals surface area contributed by atoms with Crippen LogP contribution < -0.4 is 10.6 Å². The molecule has 4 atom stereocenters. The normalized spacial score (nSPS) is 18.9. The van der Waals surface area contributed by atoms with E-state index < -0.39 is 12.1 Å². The highest BCUT2D eigenvalue weighted by Gasteiger charge is 2.32. The molecule has 1 fully saturated rings. The van der Waals surface area contributed by atoms with Crippen molar-refractivity contribution in [1.29, 1.82) is 0 Å². The van der Waals surface area contributed by atoms with E-state index in [2.05, 4.69) is 42.0 Å². The Labute approximate surface area is 257 Å². The maximum atomic E-state index is 12.3. The lowest BCUT2D eigenvalue weighted by Gasteiger charge is -2.29. The van der Waals surface area contributed by atoms with Gasteiger partial charge in [0.25, 0.3) is 0 Å². The number of carbonyl (C=O) groups is 2. The summed E-state index contributed by atoms with van der Waals surface area (Å²) in [5.41, 5.74) is 0. The van der Waals surface area contributed by atoms with Gasteiger partial charge in [-0.15, -0.1) is 0 Å². The van der Waals surface area contributed by atoms with Crippen LogP contribution in [0.1, 0.15) is 149 Å². The molecule has 1 aliphatic rings. The Morgan fingerprint density at radius 1 is 0.634 bits per heavy atom. The summed E-state index contributed by atoms with van der Waals surface area (Å²) in [6.45, 7) is 6.41. The lowest BCUT2D eigenvalue weighted by atomic mass is 10.0. The fourth-order valence-corrected chi connectivity index (χ4v) is 6.01. The highest BCUT2D eigenvalue weighted by atomic mass is 32.1. The molecular formula is C33H65N3O4S. The molecule has 0 bridgehead atoms. The molecule has 0 aromatic rings. The Bertz CT molecular complexity index is 626. The van der Waals surface area contributed by atoms with Gasteiger partial charge in [0.2, 0.25) is 11.8 Å². The molecule has 1 heterocycles. The molecule has 1 rings (SSSR count). The van der Waals surface area contributed by atoms with Crippen molar-refractivity contribution in [2.75, 3.05) is 25.4 Å². The SMILES string of the molecule is CCCCCCCCCCC(O)CN(CCCCC1NC(=O)C(CS)NC1=O)CC(O)CCCCCCCCCC. The third kappa shape index (κ3) is 19.9. The lowest BCUT2D eigenvalue weighted by Crippen LogP contribution is -2.62. The van der Waals surface area contributed by atoms with Gasteiger partial charge >= 0.3 is 0 Å². The number of nitrogens with zero attached hydrogens (tertiary/aromatic N) is 1. The monoisotopic (exact) mass is 599 g/mol. The van der Waals surface area contributed by atoms with Crippen LogP contribution >= 0.6 is 12.6 Å². The van der Waals surface area contributed by atoms with Gasteiger partial charge in [-0.1, -0.05) is 117 Å². The maximum absolute atomic E-state index is 12.3. The molecule has 41 heavy (non-hydrogen) atoms. The standard InChI is InChI=1S/C33H65N3O4S/c1-3-5-7-9-11-13-15-17-21-28(37)25-36(26-29(38)22-18-16-14-12-10-8-6-4-2)24-20-19-23-30-32(39)35-31(27-41)33(40)34-30/h28-31,37-38,41H,3-27H2,1-2H3,(H,34,40)(H,35,39). The van der Waals surface area contributed by atoms with Crippen molar-refractivity contribution in [1.82, 2.24) is 15.5 Å². The summed E-state index contributed by atoms with van der Waals surface area (Å²) < 4.78 is 0. The Hall–Kier alpha value is -0.830. The van der Waals surface area contributed by atoms with Gasteiger partial charge in [0, 0.05) is 18.8 Å². The fraction of sp³-hybridized carbons (Fsp3) is 0.939. The largest absolute Gasteiger partial charge is 0.392 e. The molecule has 4 N–H and O–H groups in total. The van der Waals surface area contributed by atoms with E-state index in [1.54, 1.807) is 0 Å². The highest BCUT2D eigenvalue weighted by molar-refractivity contribution is 7.80. The van der Waals surface area contributed by atoms with E-state index in [0.717, 1.165) is 45.1 Å². The van der Waals surface area contributed by atoms with Crippen molar-refractivity contribution >= 4 is 24.4 Å². The van der Waals surface area contributed by atoms with Crippen LogP contribution in [0.2, 0.25) is 0 Å². The quantitative estimate of drug-likeness (QED) is 0.0548. The average molecular weight is 600 g/mol. The number of aliphatic hydroxyl groups excluding tert-OH is 2. The minimum atomic E-state index is -0.553. The van der Waals surface area contributed by atoms with E-state index in [1.165, 1.54) is 89.9 Å². The predicted octanol–water partition coefficient (Wildman–Crippen LogP) is 6.16. The number of thiol groups is 1. The number of aliphatic hydroxyl groups is 2. The van der Waals surface area contributed by atoms with Crippen molar-refractivity contribution in [3.05, 3.63) is 0 Å². The molecule has 8 heteroatoms. The van der Waals surface area contributed by atoms with Crippen molar-refractivity contribution in [3.63, 3.8) is 0 Å². The molecule has 7 nitrogen and oxygen atoms in total. The van der Waals surface area contributed by atoms with Crippen LogP contribution in [0.25, 0.3) is 0 Å². The molecule has 1 saturated heterocycles. The van der Waals surface area contributed by atoms with Crippen molar-refractivity contribution in [2.24, 2.45) is 0 Å². The number of hydrogen-bond donors (Lipinski definition) is 5. The van der Waals surface area contributed by atoms with E-state index >= 15 is 0 Å². The second kappa shape index (κ2) is 25.6. The van der Waals surface area contributed by atoms with Gasteiger partial charge in [-0.05, 0) is 38.6 Å². The topological polar surface area (TPSA) is 102 Å². The number of nitrogens with one attached hydrogen (secondary N) is 2. The van der Waals surface area contributed by atoms with E-state index in [0.29, 0.717) is 25.3 Å². The Morgan fingerprint density at radius 2 is 1.05 bits per heavy atom. The number of piperazine rings is 1. The first kappa shape index (κ1) is 38.2. The van der Waals surface area contributed by atoms with Crippen LogP contribution in [0.4, 0.5) is 0 Å². The number of amides is 2. The van der Waals surface area contributed by atoms with Gasteiger partial charge in [-0.25, -0.2) is 0 Å². The minimum Gasteiger partial charge on any atom is -0.392 e. The summed E-state index contributed by atoms with van der Waals surface area (Å²) in [7, 11) is 0. The molecule has 0 radical (unpaired) electrons. The van der Waals surface area contributed by atoms with Crippen LogP contribution in [-0.4, -0.2) is 76.6 Å². The van der Waals surface area contributed by atoms with Crippen LogP contribution in [0.15, 0.2) is 0 Å². The summed E-state index contributed by atoms with van der Waals surface area (Å²) in [5, 5.41) is 27.1. The van der Waals surface area contributed by atoms with Gasteiger partial charge < -0.3 is 20.8 Å². The third-order valence-corrected chi connectivity index (χ3v) is 8.75. The molecular weight excluding hydrogens is 534 g/mol. The van der Waals surface area contributed by atoms with Crippen LogP contribution in [0, 0.1) is 0 Å². The van der Waals surface area contributed by atoms with E-state index in [4.69, 9.17) is 0 Å². The average Bonchev–Trinajstić information content (AvgIpc) is 2.95. The van der Waals surface area contributed by atoms with Gasteiger partial charge in [0.05, 0.1) is 12.2 Å². The molecule has 0 saturated carbocycles. The van der Waals surface area contributed by atoms with E-state index in [1.807, 2.05) is 0 Å². The molecule has 1 aliphatic heterocycles. The molecule has 0 aliphatic carbocycles. The van der Waals surface area contributed by atoms with Crippen molar-refractivity contribution in [3.8, 4) is 0 Å². The summed E-state index contributed by atoms with van der Waals surface area (Å²) in [6, 6.07) is -1.05. The Kier molecular flexibility index (Phi) is 23.9. The van der Waals surface area contributed by atoms with Gasteiger partial charge in [-0.2, -0.15) is 12.6 Å². The zero-order valence-corrected chi connectivity index (χ0v) is 27.5. The van der Waals surface area contributed by atoms with Gasteiger partial charge in [-0.3, -0.25) is 14.5 Å². The molecule has 2 amide bonds. The van der Waals surface area contributed by atoms with Crippen molar-refractivity contribution < 1.29 is 19.8 Å². The molecule has 0 aromatic carbocycles. The second-order valence-electron chi connectivity index (χ2n) is 12.4. The van der Waals surface area contributed by atoms with Crippen LogP contribution in [0.5, 0.6) is 0 Å². The molecule has 0 spiro atoms. The van der Waals surface area contributed by atoms with Crippen LogP contribution in [0.3, 0.4) is 0 Å². The zero-order valence-electron chi connectivity index (χ0n) is 26.6. The first-order valence-corrected chi connectivity index (χ1v) is 17.8. The van der Waals surface area contributed by atoms with Gasteiger partial charge in [0.1, 0.15) is 12.1 Å². The maximum Gasteiger partial charge on any atom is 0.244 e.